The SMILES string of the molecule is CC(=O)N1Cc2cccc(OC(F)F)c2[C@H]2CC1c1nc3ccc(-c4cnc(C(C)(C)O)nc4)cc3n12. The summed E-state index contributed by atoms with van der Waals surface area (Å²) < 4.78 is 33.7. The Morgan fingerprint density at radius 1 is 1.14 bits per heavy atom. The third-order valence-electron chi connectivity index (χ3n) is 7.13. The second-order valence-corrected chi connectivity index (χ2v) is 10.0. The van der Waals surface area contributed by atoms with E-state index in [4.69, 9.17) is 9.72 Å². The average molecular weight is 506 g/mol. The molecule has 10 heteroatoms. The molecule has 6 rings (SSSR count). The van der Waals surface area contributed by atoms with E-state index in [9.17, 15) is 18.7 Å². The predicted octanol–water partition coefficient (Wildman–Crippen LogP) is 4.72. The van der Waals surface area contributed by atoms with Crippen LogP contribution >= 0.6 is 0 Å². The van der Waals surface area contributed by atoms with Gasteiger partial charge in [0.15, 0.2) is 5.82 Å². The Balaban J connectivity index is 1.53. The minimum Gasteiger partial charge on any atom is -0.434 e. The highest BCUT2D eigenvalue weighted by Crippen LogP contribution is 2.50. The molecule has 1 amide bonds. The summed E-state index contributed by atoms with van der Waals surface area (Å²) in [6.45, 7) is 2.09. The van der Waals surface area contributed by atoms with E-state index in [1.807, 2.05) is 28.8 Å². The number of amides is 1. The highest BCUT2D eigenvalue weighted by Gasteiger charge is 2.44. The molecule has 0 aliphatic carbocycles. The summed E-state index contributed by atoms with van der Waals surface area (Å²) in [4.78, 5) is 27.9. The third-order valence-corrected chi connectivity index (χ3v) is 7.13. The fraction of sp³-hybridized carbons (Fsp3) is 0.333. The first-order chi connectivity index (χ1) is 17.6. The van der Waals surface area contributed by atoms with Crippen molar-refractivity contribution in [1.29, 1.82) is 0 Å². The van der Waals surface area contributed by atoms with Crippen molar-refractivity contribution >= 4 is 16.9 Å². The van der Waals surface area contributed by atoms with E-state index in [2.05, 4.69) is 9.97 Å². The number of carbonyl (C=O) groups is 1. The van der Waals surface area contributed by atoms with Gasteiger partial charge in [0, 0.05) is 43.4 Å². The zero-order valence-electron chi connectivity index (χ0n) is 20.5. The first-order valence-electron chi connectivity index (χ1n) is 12.0. The largest absolute Gasteiger partial charge is 0.434 e. The van der Waals surface area contributed by atoms with Gasteiger partial charge in [0.05, 0.1) is 23.1 Å². The smallest absolute Gasteiger partial charge is 0.387 e. The van der Waals surface area contributed by atoms with Crippen LogP contribution in [-0.2, 0) is 16.9 Å². The van der Waals surface area contributed by atoms with Crippen molar-refractivity contribution in [1.82, 2.24) is 24.4 Å². The number of fused-ring (bicyclic) bond motifs is 9. The van der Waals surface area contributed by atoms with Crippen LogP contribution < -0.4 is 4.74 Å². The van der Waals surface area contributed by atoms with Crippen LogP contribution in [0.15, 0.2) is 48.8 Å². The molecule has 0 fully saturated rings. The summed E-state index contributed by atoms with van der Waals surface area (Å²) in [5.74, 6) is 1.05. The summed E-state index contributed by atoms with van der Waals surface area (Å²) in [5, 5.41) is 10.2. The highest BCUT2D eigenvalue weighted by atomic mass is 19.3. The van der Waals surface area contributed by atoms with Gasteiger partial charge in [-0.05, 0) is 43.2 Å². The number of hydrogen-bond donors (Lipinski definition) is 1. The van der Waals surface area contributed by atoms with Crippen LogP contribution in [0.2, 0.25) is 0 Å². The zero-order chi connectivity index (χ0) is 26.1. The number of halogens is 2. The van der Waals surface area contributed by atoms with Crippen molar-refractivity contribution in [3.8, 4) is 16.9 Å². The second kappa shape index (κ2) is 8.31. The van der Waals surface area contributed by atoms with Crippen molar-refractivity contribution in [2.24, 2.45) is 0 Å². The van der Waals surface area contributed by atoms with E-state index >= 15 is 0 Å². The maximum atomic E-state index is 13.3. The lowest BCUT2D eigenvalue weighted by atomic mass is 9.98. The molecular formula is C27H25F2N5O3. The van der Waals surface area contributed by atoms with Crippen LogP contribution in [0.3, 0.4) is 0 Å². The first kappa shape index (κ1) is 23.5. The maximum Gasteiger partial charge on any atom is 0.387 e. The summed E-state index contributed by atoms with van der Waals surface area (Å²) in [7, 11) is 0. The van der Waals surface area contributed by atoms with Crippen LogP contribution in [0.5, 0.6) is 5.75 Å². The van der Waals surface area contributed by atoms with Crippen LogP contribution in [0.25, 0.3) is 22.2 Å². The molecule has 2 bridgehead atoms. The van der Waals surface area contributed by atoms with Gasteiger partial charge in [-0.25, -0.2) is 15.0 Å². The van der Waals surface area contributed by atoms with E-state index in [0.29, 0.717) is 24.4 Å². The lowest BCUT2D eigenvalue weighted by Crippen LogP contribution is -2.31. The number of benzene rings is 2. The Labute approximate surface area is 211 Å². The van der Waals surface area contributed by atoms with Crippen molar-refractivity contribution in [2.75, 3.05) is 0 Å². The van der Waals surface area contributed by atoms with Crippen molar-refractivity contribution in [2.45, 2.75) is 58.0 Å². The first-order valence-corrected chi connectivity index (χ1v) is 12.0. The van der Waals surface area contributed by atoms with Crippen LogP contribution in [-0.4, -0.2) is 42.0 Å². The van der Waals surface area contributed by atoms with Gasteiger partial charge in [-0.1, -0.05) is 18.2 Å². The Morgan fingerprint density at radius 2 is 1.89 bits per heavy atom. The Kier molecular flexibility index (Phi) is 5.27. The van der Waals surface area contributed by atoms with Gasteiger partial charge in [-0.15, -0.1) is 0 Å². The molecule has 4 heterocycles. The number of hydrogen-bond acceptors (Lipinski definition) is 6. The number of carbonyl (C=O) groups excluding carboxylic acids is 1. The summed E-state index contributed by atoms with van der Waals surface area (Å²) in [5.41, 5.74) is 3.43. The molecule has 8 nitrogen and oxygen atoms in total. The monoisotopic (exact) mass is 505 g/mol. The molecule has 0 spiro atoms. The van der Waals surface area contributed by atoms with Gasteiger partial charge >= 0.3 is 6.61 Å². The van der Waals surface area contributed by atoms with Gasteiger partial charge in [0.2, 0.25) is 5.91 Å². The van der Waals surface area contributed by atoms with Crippen LogP contribution in [0.4, 0.5) is 8.78 Å². The van der Waals surface area contributed by atoms with Crippen LogP contribution in [0.1, 0.15) is 62.1 Å². The predicted molar refractivity (Wildman–Crippen MR) is 131 cm³/mol. The summed E-state index contributed by atoms with van der Waals surface area (Å²) in [6, 6.07) is 10.2. The van der Waals surface area contributed by atoms with Gasteiger partial charge < -0.3 is 19.3 Å². The van der Waals surface area contributed by atoms with Gasteiger partial charge in [0.1, 0.15) is 17.2 Å². The zero-order valence-corrected chi connectivity index (χ0v) is 20.5. The van der Waals surface area contributed by atoms with E-state index in [1.165, 1.54) is 6.92 Å². The van der Waals surface area contributed by atoms with E-state index in [1.54, 1.807) is 43.3 Å². The maximum absolute atomic E-state index is 13.3. The number of aromatic nitrogens is 4. The average Bonchev–Trinajstić information content (AvgIpc) is 3.32. The summed E-state index contributed by atoms with van der Waals surface area (Å²) in [6.07, 6.45) is 3.84. The molecule has 190 valence electrons. The standard InChI is InChI=1S/C27H25F2N5O3/c1-14(35)33-13-16-5-4-6-22(37-26(28)29)23(16)20-10-21(33)24-32-18-8-7-15(9-19(18)34(20)24)17-11-30-25(31-12-17)27(2,3)36/h4-9,11-12,20-21,26,36H,10,13H2,1-3H3/t20-,21?/m1/s1. The Hall–Kier alpha value is -3.92. The fourth-order valence-electron chi connectivity index (χ4n) is 5.51. The molecule has 1 unspecified atom stereocenters. The topological polar surface area (TPSA) is 93.4 Å². The third kappa shape index (κ3) is 3.83. The van der Waals surface area contributed by atoms with Crippen LogP contribution in [0, 0.1) is 0 Å². The molecule has 0 radical (unpaired) electrons. The molecule has 0 saturated heterocycles. The number of rotatable bonds is 4. The minimum atomic E-state index is -2.96. The van der Waals surface area contributed by atoms with Crippen molar-refractivity contribution in [3.05, 3.63) is 71.6 Å². The van der Waals surface area contributed by atoms with E-state index in [-0.39, 0.29) is 23.7 Å². The minimum absolute atomic E-state index is 0.109. The van der Waals surface area contributed by atoms with Crippen molar-refractivity contribution < 1.29 is 23.4 Å². The van der Waals surface area contributed by atoms with Gasteiger partial charge in [-0.3, -0.25) is 4.79 Å². The molecule has 37 heavy (non-hydrogen) atoms. The quantitative estimate of drug-likeness (QED) is 0.432. The summed E-state index contributed by atoms with van der Waals surface area (Å²) >= 11 is 0. The van der Waals surface area contributed by atoms with Gasteiger partial charge in [-0.2, -0.15) is 8.78 Å². The normalized spacial score (nSPS) is 18.6. The second-order valence-electron chi connectivity index (χ2n) is 10.0. The molecule has 1 N–H and O–H groups in total. The Morgan fingerprint density at radius 3 is 2.57 bits per heavy atom. The lowest BCUT2D eigenvalue weighted by Gasteiger charge is -2.27. The molecule has 4 aromatic rings. The fourth-order valence-corrected chi connectivity index (χ4v) is 5.51. The Bertz CT molecular complexity index is 1530. The highest BCUT2D eigenvalue weighted by molar-refractivity contribution is 5.84. The molecule has 0 saturated carbocycles. The van der Waals surface area contributed by atoms with E-state index < -0.39 is 12.2 Å². The molecular weight excluding hydrogens is 480 g/mol. The molecule has 2 atom stereocenters. The number of ether oxygens (including phenoxy) is 1. The number of imidazole rings is 1. The molecule has 2 aliphatic rings. The number of nitrogens with zero attached hydrogens (tertiary/aromatic N) is 5. The molecule has 2 aromatic heterocycles. The van der Waals surface area contributed by atoms with E-state index in [0.717, 1.165) is 33.5 Å². The molecule has 2 aliphatic heterocycles. The number of alkyl halides is 2. The number of aliphatic hydroxyl groups is 1. The van der Waals surface area contributed by atoms with Crippen molar-refractivity contribution in [3.63, 3.8) is 0 Å². The van der Waals surface area contributed by atoms with Gasteiger partial charge in [0.25, 0.3) is 0 Å². The lowest BCUT2D eigenvalue weighted by molar-refractivity contribution is -0.132. The molecule has 2 aromatic carbocycles.